The van der Waals surface area contributed by atoms with E-state index in [1.54, 1.807) is 6.20 Å². The molecule has 1 N–H and O–H groups in total. The maximum Gasteiger partial charge on any atom is 0.283 e. The van der Waals surface area contributed by atoms with Gasteiger partial charge in [-0.25, -0.2) is 9.69 Å². The van der Waals surface area contributed by atoms with Gasteiger partial charge in [0, 0.05) is 13.1 Å². The molecule has 0 radical (unpaired) electrons. The lowest BCUT2D eigenvalue weighted by molar-refractivity contribution is 0.0496. The molecule has 6 nitrogen and oxygen atoms in total. The van der Waals surface area contributed by atoms with Gasteiger partial charge in [-0.15, -0.1) is 0 Å². The Morgan fingerprint density at radius 1 is 1.44 bits per heavy atom. The van der Waals surface area contributed by atoms with Gasteiger partial charge in [0.15, 0.2) is 0 Å². The average Bonchev–Trinajstić information content (AvgIpc) is 2.36. The first-order valence-electron chi connectivity index (χ1n) is 5.96. The van der Waals surface area contributed by atoms with Gasteiger partial charge in [-0.3, -0.25) is 4.79 Å². The number of morpholine rings is 1. The summed E-state index contributed by atoms with van der Waals surface area (Å²) in [7, 11) is 0. The number of anilines is 1. The second-order valence-electron chi connectivity index (χ2n) is 4.43. The van der Waals surface area contributed by atoms with Gasteiger partial charge in [0.2, 0.25) is 0 Å². The van der Waals surface area contributed by atoms with E-state index >= 15 is 0 Å². The monoisotopic (exact) mass is 316 g/mol. The quantitative estimate of drug-likeness (QED) is 0.909. The normalized spacial score (nSPS) is 17.1. The largest absolute Gasteiger partial charge is 0.379 e. The lowest BCUT2D eigenvalue weighted by Crippen LogP contribution is -2.41. The van der Waals surface area contributed by atoms with Crippen LogP contribution in [-0.4, -0.2) is 41.1 Å². The highest BCUT2D eigenvalue weighted by Gasteiger charge is 2.15. The van der Waals surface area contributed by atoms with Crippen LogP contribution < -0.4 is 11.0 Å². The molecule has 0 unspecified atom stereocenters. The molecule has 0 spiro atoms. The van der Waals surface area contributed by atoms with Crippen molar-refractivity contribution >= 4 is 21.6 Å². The Balaban J connectivity index is 2.19. The number of hydrogen-bond acceptors (Lipinski definition) is 5. The van der Waals surface area contributed by atoms with Crippen LogP contribution in [-0.2, 0) is 4.74 Å². The van der Waals surface area contributed by atoms with E-state index in [9.17, 15) is 4.79 Å². The first-order chi connectivity index (χ1) is 8.59. The number of aromatic nitrogens is 2. The summed E-state index contributed by atoms with van der Waals surface area (Å²) < 4.78 is 7.23. The number of hydrogen-bond donors (Lipinski definition) is 1. The highest BCUT2D eigenvalue weighted by molar-refractivity contribution is 9.10. The lowest BCUT2D eigenvalue weighted by Gasteiger charge is -2.28. The molecule has 1 aromatic heterocycles. The molecule has 0 saturated carbocycles. The number of rotatable bonds is 3. The Kier molecular flexibility index (Phi) is 4.36. The molecule has 1 aliphatic rings. The van der Waals surface area contributed by atoms with E-state index in [4.69, 9.17) is 4.74 Å². The average molecular weight is 317 g/mol. The first-order valence-corrected chi connectivity index (χ1v) is 6.75. The van der Waals surface area contributed by atoms with E-state index in [-0.39, 0.29) is 11.6 Å². The maximum absolute atomic E-state index is 12.0. The number of nitrogens with one attached hydrogen (secondary N) is 1. The van der Waals surface area contributed by atoms with Gasteiger partial charge < -0.3 is 10.2 Å². The lowest BCUT2D eigenvalue weighted by atomic mass is 10.4. The molecule has 2 rings (SSSR count). The van der Waals surface area contributed by atoms with Crippen LogP contribution in [0.1, 0.15) is 19.9 Å². The standard InChI is InChI=1S/C11H17BrN4O2/c1-8(2)16-11(17)10(12)9(7-13-16)14-15-3-5-18-6-4-15/h7-8,14H,3-6H2,1-2H3. The minimum atomic E-state index is -0.122. The summed E-state index contributed by atoms with van der Waals surface area (Å²) >= 11 is 3.33. The summed E-state index contributed by atoms with van der Waals surface area (Å²) in [5, 5.41) is 6.18. The van der Waals surface area contributed by atoms with Crippen molar-refractivity contribution in [1.82, 2.24) is 14.8 Å². The molecule has 0 atom stereocenters. The van der Waals surface area contributed by atoms with Crippen molar-refractivity contribution in [2.24, 2.45) is 0 Å². The van der Waals surface area contributed by atoms with Crippen LogP contribution >= 0.6 is 15.9 Å². The third-order valence-electron chi connectivity index (χ3n) is 2.72. The molecule has 0 bridgehead atoms. The van der Waals surface area contributed by atoms with Crippen molar-refractivity contribution < 1.29 is 4.74 Å². The molecular formula is C11H17BrN4O2. The summed E-state index contributed by atoms with van der Waals surface area (Å²) in [6.45, 7) is 6.83. The van der Waals surface area contributed by atoms with Crippen molar-refractivity contribution in [3.8, 4) is 0 Å². The zero-order valence-electron chi connectivity index (χ0n) is 10.5. The molecule has 1 saturated heterocycles. The van der Waals surface area contributed by atoms with Crippen LogP contribution in [0.4, 0.5) is 5.69 Å². The van der Waals surface area contributed by atoms with E-state index in [1.165, 1.54) is 4.68 Å². The molecule has 7 heteroatoms. The molecule has 18 heavy (non-hydrogen) atoms. The fourth-order valence-electron chi connectivity index (χ4n) is 1.74. The summed E-state index contributed by atoms with van der Waals surface area (Å²) in [6.07, 6.45) is 1.67. The Labute approximate surface area is 114 Å². The Morgan fingerprint density at radius 2 is 2.11 bits per heavy atom. The molecule has 100 valence electrons. The topological polar surface area (TPSA) is 59.4 Å². The summed E-state index contributed by atoms with van der Waals surface area (Å²) in [6, 6.07) is 0.0474. The molecule has 1 fully saturated rings. The number of ether oxygens (including phenoxy) is 1. The zero-order valence-corrected chi connectivity index (χ0v) is 12.1. The fourth-order valence-corrected chi connectivity index (χ4v) is 2.11. The second kappa shape index (κ2) is 5.81. The van der Waals surface area contributed by atoms with Gasteiger partial charge >= 0.3 is 0 Å². The molecule has 1 aliphatic heterocycles. The zero-order chi connectivity index (χ0) is 13.1. The van der Waals surface area contributed by atoms with Crippen LogP contribution in [0.25, 0.3) is 0 Å². The van der Waals surface area contributed by atoms with Crippen molar-refractivity contribution in [2.75, 3.05) is 31.7 Å². The van der Waals surface area contributed by atoms with Crippen molar-refractivity contribution in [2.45, 2.75) is 19.9 Å². The van der Waals surface area contributed by atoms with E-state index in [2.05, 4.69) is 26.5 Å². The van der Waals surface area contributed by atoms with Crippen molar-refractivity contribution in [3.05, 3.63) is 21.0 Å². The SMILES string of the molecule is CC(C)n1ncc(NN2CCOCC2)c(Br)c1=O. The van der Waals surface area contributed by atoms with Crippen molar-refractivity contribution in [3.63, 3.8) is 0 Å². The molecule has 1 aromatic rings. The minimum absolute atomic E-state index is 0.0474. The van der Waals surface area contributed by atoms with Gasteiger partial charge in [0.1, 0.15) is 4.47 Å². The minimum Gasteiger partial charge on any atom is -0.379 e. The molecule has 0 aliphatic carbocycles. The summed E-state index contributed by atoms with van der Waals surface area (Å²) in [5.74, 6) is 0. The third-order valence-corrected chi connectivity index (χ3v) is 3.49. The van der Waals surface area contributed by atoms with Gasteiger partial charge in [-0.2, -0.15) is 5.10 Å². The maximum atomic E-state index is 12.0. The number of halogens is 1. The van der Waals surface area contributed by atoms with E-state index in [1.807, 2.05) is 18.9 Å². The van der Waals surface area contributed by atoms with E-state index < -0.39 is 0 Å². The molecular weight excluding hydrogens is 300 g/mol. The molecule has 2 heterocycles. The van der Waals surface area contributed by atoms with Gasteiger partial charge in [-0.05, 0) is 29.8 Å². The van der Waals surface area contributed by atoms with Crippen LogP contribution in [0.2, 0.25) is 0 Å². The second-order valence-corrected chi connectivity index (χ2v) is 5.22. The van der Waals surface area contributed by atoms with Crippen LogP contribution in [0.5, 0.6) is 0 Å². The Morgan fingerprint density at radius 3 is 2.72 bits per heavy atom. The van der Waals surface area contributed by atoms with Crippen LogP contribution in [0.15, 0.2) is 15.5 Å². The van der Waals surface area contributed by atoms with E-state index in [0.29, 0.717) is 23.4 Å². The summed E-state index contributed by atoms with van der Waals surface area (Å²) in [4.78, 5) is 12.0. The predicted octanol–water partition coefficient (Wildman–Crippen LogP) is 1.25. The van der Waals surface area contributed by atoms with Gasteiger partial charge in [0.25, 0.3) is 5.56 Å². The summed E-state index contributed by atoms with van der Waals surface area (Å²) in [5.41, 5.74) is 3.76. The molecule has 0 amide bonds. The van der Waals surface area contributed by atoms with Gasteiger partial charge in [0.05, 0.1) is 31.1 Å². The predicted molar refractivity (Wildman–Crippen MR) is 72.6 cm³/mol. The Hall–Kier alpha value is -0.920. The smallest absolute Gasteiger partial charge is 0.283 e. The highest BCUT2D eigenvalue weighted by Crippen LogP contribution is 2.18. The van der Waals surface area contributed by atoms with Crippen LogP contribution in [0.3, 0.4) is 0 Å². The molecule has 0 aromatic carbocycles. The van der Waals surface area contributed by atoms with Crippen LogP contribution in [0, 0.1) is 0 Å². The van der Waals surface area contributed by atoms with E-state index in [0.717, 1.165) is 13.1 Å². The fraction of sp³-hybridized carbons (Fsp3) is 0.636. The van der Waals surface area contributed by atoms with Crippen molar-refractivity contribution in [1.29, 1.82) is 0 Å². The van der Waals surface area contributed by atoms with Gasteiger partial charge in [-0.1, -0.05) is 0 Å². The third kappa shape index (κ3) is 2.90. The number of nitrogens with zero attached hydrogens (tertiary/aromatic N) is 3. The first kappa shape index (κ1) is 13.5. The Bertz CT molecular complexity index is 469. The highest BCUT2D eigenvalue weighted by atomic mass is 79.9. The number of hydrazine groups is 1.